The highest BCUT2D eigenvalue weighted by Gasteiger charge is 2.29. The van der Waals surface area contributed by atoms with Crippen molar-refractivity contribution >= 4 is 39.6 Å². The van der Waals surface area contributed by atoms with Crippen LogP contribution in [0.4, 0.5) is 10.5 Å². The summed E-state index contributed by atoms with van der Waals surface area (Å²) >= 11 is 3.33. The molecule has 0 saturated carbocycles. The van der Waals surface area contributed by atoms with Crippen LogP contribution in [0, 0.1) is 0 Å². The number of anilines is 1. The van der Waals surface area contributed by atoms with E-state index in [2.05, 4.69) is 38.7 Å². The van der Waals surface area contributed by atoms with Crippen molar-refractivity contribution in [1.82, 2.24) is 5.32 Å². The van der Waals surface area contributed by atoms with E-state index in [-0.39, 0.29) is 18.1 Å². The Balaban J connectivity index is 1.41. The van der Waals surface area contributed by atoms with Crippen LogP contribution in [-0.2, 0) is 9.53 Å². The summed E-state index contributed by atoms with van der Waals surface area (Å²) in [4.78, 5) is 35.6. The van der Waals surface area contributed by atoms with Crippen LogP contribution in [0.2, 0.25) is 0 Å². The molecule has 0 spiro atoms. The minimum atomic E-state index is -1.13. The summed E-state index contributed by atoms with van der Waals surface area (Å²) in [5.74, 6) is -1.71. The summed E-state index contributed by atoms with van der Waals surface area (Å²) < 4.78 is 6.00. The lowest BCUT2D eigenvalue weighted by Gasteiger charge is -2.15. The Morgan fingerprint density at radius 3 is 2.18 bits per heavy atom. The summed E-state index contributed by atoms with van der Waals surface area (Å²) in [5, 5.41) is 14.0. The number of amides is 2. The van der Waals surface area contributed by atoms with Crippen molar-refractivity contribution < 1.29 is 24.2 Å². The second kappa shape index (κ2) is 9.46. The Labute approximate surface area is 198 Å². The van der Waals surface area contributed by atoms with Crippen molar-refractivity contribution in [2.75, 3.05) is 11.9 Å². The highest BCUT2D eigenvalue weighted by Crippen LogP contribution is 2.44. The highest BCUT2D eigenvalue weighted by atomic mass is 79.9. The van der Waals surface area contributed by atoms with Gasteiger partial charge in [-0.25, -0.2) is 4.79 Å². The van der Waals surface area contributed by atoms with E-state index in [1.165, 1.54) is 19.1 Å². The van der Waals surface area contributed by atoms with Crippen LogP contribution in [0.25, 0.3) is 11.1 Å². The topological polar surface area (TPSA) is 105 Å². The molecule has 3 aromatic rings. The van der Waals surface area contributed by atoms with Gasteiger partial charge < -0.3 is 15.2 Å². The van der Waals surface area contributed by atoms with E-state index in [1.54, 1.807) is 6.07 Å². The summed E-state index contributed by atoms with van der Waals surface area (Å²) in [6.45, 7) is 1.56. The fraction of sp³-hybridized carbons (Fsp3) is 0.160. The van der Waals surface area contributed by atoms with Crippen LogP contribution in [0.1, 0.15) is 34.3 Å². The number of benzene rings is 3. The molecule has 3 N–H and O–H groups in total. The van der Waals surface area contributed by atoms with Crippen LogP contribution >= 0.6 is 15.9 Å². The summed E-state index contributed by atoms with van der Waals surface area (Å²) in [5.41, 5.74) is 5.23. The Hall–Kier alpha value is -3.65. The van der Waals surface area contributed by atoms with Gasteiger partial charge in [0.1, 0.15) is 12.6 Å². The summed E-state index contributed by atoms with van der Waals surface area (Å²) in [6, 6.07) is 19.7. The third-order valence-electron chi connectivity index (χ3n) is 5.53. The number of aliphatic carboxylic acids is 1. The number of nitrogens with one attached hydrogen (secondary N) is 2. The van der Waals surface area contributed by atoms with Crippen LogP contribution in [0.15, 0.2) is 71.2 Å². The fourth-order valence-electron chi connectivity index (χ4n) is 3.84. The van der Waals surface area contributed by atoms with Gasteiger partial charge in [-0.1, -0.05) is 48.5 Å². The monoisotopic (exact) mass is 508 g/mol. The molecule has 0 aromatic heterocycles. The maximum Gasteiger partial charge on any atom is 0.411 e. The molecule has 1 aliphatic carbocycles. The molecule has 1 aliphatic rings. The average molecular weight is 509 g/mol. The van der Waals surface area contributed by atoms with E-state index in [4.69, 9.17) is 9.84 Å². The van der Waals surface area contributed by atoms with E-state index in [0.29, 0.717) is 10.2 Å². The molecular formula is C25H21BrN2O5. The Morgan fingerprint density at radius 1 is 1.00 bits per heavy atom. The van der Waals surface area contributed by atoms with Gasteiger partial charge in [0.2, 0.25) is 0 Å². The number of carbonyl (C=O) groups is 3. The fourth-order valence-corrected chi connectivity index (χ4v) is 4.32. The normalized spacial score (nSPS) is 12.9. The smallest absolute Gasteiger partial charge is 0.411 e. The minimum Gasteiger partial charge on any atom is -0.480 e. The van der Waals surface area contributed by atoms with Gasteiger partial charge in [0.25, 0.3) is 5.91 Å². The predicted octanol–water partition coefficient (Wildman–Crippen LogP) is 5.01. The Kier molecular flexibility index (Phi) is 6.46. The number of carboxylic acid groups (broad SMARTS) is 1. The number of carboxylic acids is 1. The van der Waals surface area contributed by atoms with Crippen molar-refractivity contribution in [2.24, 2.45) is 0 Å². The molecule has 0 bridgehead atoms. The zero-order valence-corrected chi connectivity index (χ0v) is 19.3. The van der Waals surface area contributed by atoms with Crippen molar-refractivity contribution in [1.29, 1.82) is 0 Å². The third kappa shape index (κ3) is 4.75. The molecule has 2 amide bonds. The quantitative estimate of drug-likeness (QED) is 0.433. The number of fused-ring (bicyclic) bond motifs is 3. The second-order valence-electron chi connectivity index (χ2n) is 7.68. The molecule has 0 radical (unpaired) electrons. The van der Waals surface area contributed by atoms with Crippen LogP contribution in [0.3, 0.4) is 0 Å². The van der Waals surface area contributed by atoms with Gasteiger partial charge in [-0.05, 0) is 63.3 Å². The van der Waals surface area contributed by atoms with Crippen molar-refractivity contribution in [3.05, 3.63) is 87.9 Å². The summed E-state index contributed by atoms with van der Waals surface area (Å²) in [7, 11) is 0. The first-order valence-electron chi connectivity index (χ1n) is 10.3. The molecule has 0 aliphatic heterocycles. The molecule has 7 nitrogen and oxygen atoms in total. The first-order chi connectivity index (χ1) is 15.8. The predicted molar refractivity (Wildman–Crippen MR) is 127 cm³/mol. The molecule has 0 fully saturated rings. The molecular weight excluding hydrogens is 488 g/mol. The lowest BCUT2D eigenvalue weighted by Crippen LogP contribution is -2.38. The molecule has 0 heterocycles. The maximum atomic E-state index is 12.5. The number of hydrogen-bond acceptors (Lipinski definition) is 4. The number of hydrogen-bond donors (Lipinski definition) is 3. The lowest BCUT2D eigenvalue weighted by molar-refractivity contribution is -0.138. The van der Waals surface area contributed by atoms with Crippen molar-refractivity contribution in [2.45, 2.75) is 18.9 Å². The molecule has 33 heavy (non-hydrogen) atoms. The van der Waals surface area contributed by atoms with Crippen molar-refractivity contribution in [3.63, 3.8) is 0 Å². The van der Waals surface area contributed by atoms with Gasteiger partial charge in [0.15, 0.2) is 0 Å². The molecule has 168 valence electrons. The van der Waals surface area contributed by atoms with E-state index in [0.717, 1.165) is 22.3 Å². The van der Waals surface area contributed by atoms with Crippen molar-refractivity contribution in [3.8, 4) is 11.1 Å². The molecule has 8 heteroatoms. The zero-order chi connectivity index (χ0) is 23.5. The van der Waals surface area contributed by atoms with Gasteiger partial charge in [-0.15, -0.1) is 0 Å². The van der Waals surface area contributed by atoms with Gasteiger partial charge in [0.05, 0.1) is 5.69 Å². The Bertz CT molecular complexity index is 1200. The first kappa shape index (κ1) is 22.5. The largest absolute Gasteiger partial charge is 0.480 e. The molecule has 3 aromatic carbocycles. The molecule has 4 rings (SSSR count). The van der Waals surface area contributed by atoms with E-state index in [1.807, 2.05) is 36.4 Å². The van der Waals surface area contributed by atoms with Gasteiger partial charge in [-0.2, -0.15) is 0 Å². The maximum absolute atomic E-state index is 12.5. The summed E-state index contributed by atoms with van der Waals surface area (Å²) in [6.07, 6.45) is -0.616. The van der Waals surface area contributed by atoms with E-state index >= 15 is 0 Å². The number of ether oxygens (including phenoxy) is 1. The van der Waals surface area contributed by atoms with E-state index in [9.17, 15) is 14.4 Å². The van der Waals surface area contributed by atoms with E-state index < -0.39 is 24.0 Å². The molecule has 1 atom stereocenters. The van der Waals surface area contributed by atoms with Gasteiger partial charge in [0, 0.05) is 16.0 Å². The molecule has 1 unspecified atom stereocenters. The second-order valence-corrected chi connectivity index (χ2v) is 8.53. The van der Waals surface area contributed by atoms with Crippen LogP contribution < -0.4 is 10.6 Å². The van der Waals surface area contributed by atoms with Gasteiger partial charge >= 0.3 is 12.1 Å². The SMILES string of the molecule is CC(NC(=O)c1ccc(NC(=O)OCC2c3ccccc3-c3ccccc32)c(Br)c1)C(=O)O. The minimum absolute atomic E-state index is 0.0473. The van der Waals surface area contributed by atoms with Crippen LogP contribution in [-0.4, -0.2) is 35.7 Å². The third-order valence-corrected chi connectivity index (χ3v) is 6.19. The highest BCUT2D eigenvalue weighted by molar-refractivity contribution is 9.10. The number of rotatable bonds is 6. The van der Waals surface area contributed by atoms with Crippen LogP contribution in [0.5, 0.6) is 0 Å². The first-order valence-corrected chi connectivity index (χ1v) is 11.1. The van der Waals surface area contributed by atoms with Gasteiger partial charge in [-0.3, -0.25) is 14.9 Å². The lowest BCUT2D eigenvalue weighted by atomic mass is 9.98. The Morgan fingerprint density at radius 2 is 1.61 bits per heavy atom. The standard InChI is InChI=1S/C25H21BrN2O5/c1-14(24(30)31)27-23(29)15-10-11-22(21(26)12-15)28-25(32)33-13-20-18-8-4-2-6-16(18)17-7-3-5-9-19(17)20/h2-12,14,20H,13H2,1H3,(H,27,29)(H,28,32)(H,30,31). The zero-order valence-electron chi connectivity index (χ0n) is 17.7. The number of carbonyl (C=O) groups excluding carboxylic acids is 2. The average Bonchev–Trinajstić information content (AvgIpc) is 3.12. The molecule has 0 saturated heterocycles. The number of halogens is 1.